The van der Waals surface area contributed by atoms with E-state index in [2.05, 4.69) is 40.5 Å². The largest absolute Gasteiger partial charge is 0.337 e. The number of nitrogens with one attached hydrogen (secondary N) is 1. The third-order valence-electron chi connectivity index (χ3n) is 5.78. The van der Waals surface area contributed by atoms with Gasteiger partial charge in [0.2, 0.25) is 0 Å². The van der Waals surface area contributed by atoms with Gasteiger partial charge in [0.05, 0.1) is 0 Å². The summed E-state index contributed by atoms with van der Waals surface area (Å²) in [7, 11) is 0. The van der Waals surface area contributed by atoms with Crippen LogP contribution in [0.2, 0.25) is 0 Å². The second kappa shape index (κ2) is 7.42. The summed E-state index contributed by atoms with van der Waals surface area (Å²) in [6, 6.07) is 10.7. The molecule has 1 aromatic heterocycles. The van der Waals surface area contributed by atoms with Gasteiger partial charge in [-0.15, -0.1) is 0 Å². The van der Waals surface area contributed by atoms with Crippen molar-refractivity contribution in [1.29, 1.82) is 0 Å². The molecule has 2 aromatic rings. The lowest BCUT2D eigenvalue weighted by Crippen LogP contribution is -2.39. The Bertz CT molecular complexity index is 714. The smallest absolute Gasteiger partial charge is 0.274 e. The van der Waals surface area contributed by atoms with Crippen LogP contribution in [0.3, 0.4) is 0 Å². The number of nitrogens with zero attached hydrogens (tertiary/aromatic N) is 2. The highest BCUT2D eigenvalue weighted by atomic mass is 16.2. The number of piperidine rings is 1. The average molecular weight is 337 g/mol. The van der Waals surface area contributed by atoms with Crippen molar-refractivity contribution in [3.8, 4) is 0 Å². The van der Waals surface area contributed by atoms with E-state index in [9.17, 15) is 4.79 Å². The van der Waals surface area contributed by atoms with E-state index in [0.29, 0.717) is 11.6 Å². The number of amides is 1. The highest BCUT2D eigenvalue weighted by molar-refractivity contribution is 5.94. The third kappa shape index (κ3) is 3.63. The molecular formula is C21H27N3O. The number of hydrogen-bond donors (Lipinski definition) is 1. The second-order valence-electron chi connectivity index (χ2n) is 7.52. The van der Waals surface area contributed by atoms with Crippen LogP contribution in [0.5, 0.6) is 0 Å². The van der Waals surface area contributed by atoms with Crippen LogP contribution in [0.15, 0.2) is 30.3 Å². The van der Waals surface area contributed by atoms with Crippen LogP contribution in [0.25, 0.3) is 0 Å². The zero-order valence-corrected chi connectivity index (χ0v) is 14.8. The summed E-state index contributed by atoms with van der Waals surface area (Å²) < 4.78 is 0. The molecule has 1 aromatic carbocycles. The maximum atomic E-state index is 13.0. The van der Waals surface area contributed by atoms with E-state index in [1.807, 2.05) is 4.90 Å². The predicted molar refractivity (Wildman–Crippen MR) is 98.6 cm³/mol. The number of likely N-dealkylation sites (tertiary alicyclic amines) is 1. The first kappa shape index (κ1) is 16.4. The van der Waals surface area contributed by atoms with Crippen LogP contribution in [-0.4, -0.2) is 34.1 Å². The predicted octanol–water partition coefficient (Wildman–Crippen LogP) is 3.77. The van der Waals surface area contributed by atoms with Crippen LogP contribution < -0.4 is 0 Å². The maximum Gasteiger partial charge on any atom is 0.274 e. The first-order valence-corrected chi connectivity index (χ1v) is 9.70. The first-order valence-electron chi connectivity index (χ1n) is 9.70. The Morgan fingerprint density at radius 1 is 1.08 bits per heavy atom. The molecule has 1 fully saturated rings. The fourth-order valence-corrected chi connectivity index (χ4v) is 4.27. The Morgan fingerprint density at radius 2 is 1.84 bits per heavy atom. The molecule has 0 atom stereocenters. The molecule has 0 saturated carbocycles. The molecule has 2 aliphatic rings. The molecule has 1 amide bonds. The number of carbonyl (C=O) groups excluding carboxylic acids is 1. The molecule has 0 radical (unpaired) electrons. The monoisotopic (exact) mass is 337 g/mol. The van der Waals surface area contributed by atoms with Crippen molar-refractivity contribution in [2.75, 3.05) is 13.1 Å². The minimum atomic E-state index is 0.137. The summed E-state index contributed by atoms with van der Waals surface area (Å²) in [6.07, 6.45) is 8.97. The van der Waals surface area contributed by atoms with Gasteiger partial charge in [-0.25, -0.2) is 0 Å². The molecule has 4 rings (SSSR count). The summed E-state index contributed by atoms with van der Waals surface area (Å²) in [5.74, 6) is 0.820. The maximum absolute atomic E-state index is 13.0. The molecule has 0 bridgehead atoms. The Balaban J connectivity index is 1.38. The quantitative estimate of drug-likeness (QED) is 0.867. The van der Waals surface area contributed by atoms with E-state index in [-0.39, 0.29) is 5.91 Å². The van der Waals surface area contributed by atoms with E-state index in [0.717, 1.165) is 45.2 Å². The van der Waals surface area contributed by atoms with E-state index in [1.54, 1.807) is 0 Å². The number of aryl methyl sites for hydroxylation is 1. The lowest BCUT2D eigenvalue weighted by atomic mass is 9.90. The van der Waals surface area contributed by atoms with Crippen LogP contribution in [0.1, 0.15) is 59.4 Å². The molecule has 1 aliphatic heterocycles. The van der Waals surface area contributed by atoms with Gasteiger partial charge in [-0.1, -0.05) is 36.8 Å². The van der Waals surface area contributed by atoms with Crippen molar-refractivity contribution >= 4 is 5.91 Å². The fourth-order valence-electron chi connectivity index (χ4n) is 4.27. The number of hydrogen-bond acceptors (Lipinski definition) is 2. The molecule has 1 aliphatic carbocycles. The van der Waals surface area contributed by atoms with E-state index >= 15 is 0 Å². The van der Waals surface area contributed by atoms with E-state index in [1.165, 1.54) is 36.1 Å². The summed E-state index contributed by atoms with van der Waals surface area (Å²) in [4.78, 5) is 15.0. The van der Waals surface area contributed by atoms with Crippen LogP contribution in [0.4, 0.5) is 0 Å². The molecule has 4 heteroatoms. The van der Waals surface area contributed by atoms with E-state index in [4.69, 9.17) is 0 Å². The molecule has 2 heterocycles. The topological polar surface area (TPSA) is 49.0 Å². The number of aromatic amines is 1. The van der Waals surface area contributed by atoms with Crippen LogP contribution in [0, 0.1) is 5.92 Å². The van der Waals surface area contributed by atoms with Crippen LogP contribution >= 0.6 is 0 Å². The Labute approximate surface area is 149 Å². The molecule has 4 nitrogen and oxygen atoms in total. The Kier molecular flexibility index (Phi) is 4.86. The highest BCUT2D eigenvalue weighted by Crippen LogP contribution is 2.26. The van der Waals surface area contributed by atoms with Crippen molar-refractivity contribution in [3.05, 3.63) is 52.8 Å². The van der Waals surface area contributed by atoms with Crippen molar-refractivity contribution in [3.63, 3.8) is 0 Å². The number of benzene rings is 1. The molecular weight excluding hydrogens is 310 g/mol. The van der Waals surface area contributed by atoms with E-state index < -0.39 is 0 Å². The van der Waals surface area contributed by atoms with Gasteiger partial charge in [0.1, 0.15) is 0 Å². The number of carbonyl (C=O) groups is 1. The second-order valence-corrected chi connectivity index (χ2v) is 7.52. The van der Waals surface area contributed by atoms with Crippen molar-refractivity contribution in [1.82, 2.24) is 15.1 Å². The van der Waals surface area contributed by atoms with Gasteiger partial charge in [-0.2, -0.15) is 5.10 Å². The van der Waals surface area contributed by atoms with Crippen molar-refractivity contribution < 1.29 is 4.79 Å². The van der Waals surface area contributed by atoms with Gasteiger partial charge in [-0.3, -0.25) is 9.89 Å². The summed E-state index contributed by atoms with van der Waals surface area (Å²) >= 11 is 0. The normalized spacial score (nSPS) is 18.6. The minimum absolute atomic E-state index is 0.137. The molecule has 132 valence electrons. The van der Waals surface area contributed by atoms with Gasteiger partial charge >= 0.3 is 0 Å². The van der Waals surface area contributed by atoms with Gasteiger partial charge in [0, 0.05) is 24.3 Å². The third-order valence-corrected chi connectivity index (χ3v) is 5.78. The highest BCUT2D eigenvalue weighted by Gasteiger charge is 2.28. The SMILES string of the molecule is O=C(c1n[nH]c2c1CCCCC2)N1CCC(Cc2ccccc2)CC1. The molecule has 25 heavy (non-hydrogen) atoms. The molecule has 0 spiro atoms. The van der Waals surface area contributed by atoms with Gasteiger partial charge in [0.25, 0.3) is 5.91 Å². The van der Waals surface area contributed by atoms with Crippen LogP contribution in [-0.2, 0) is 19.3 Å². The average Bonchev–Trinajstić information content (AvgIpc) is 2.91. The zero-order chi connectivity index (χ0) is 17.1. The number of H-pyrrole nitrogens is 1. The van der Waals surface area contributed by atoms with Gasteiger partial charge < -0.3 is 4.90 Å². The first-order chi connectivity index (χ1) is 12.3. The zero-order valence-electron chi connectivity index (χ0n) is 14.8. The standard InChI is InChI=1S/C21H27N3O/c25-21(20-18-9-5-2-6-10-19(18)22-23-20)24-13-11-17(12-14-24)15-16-7-3-1-4-8-16/h1,3-4,7-8,17H,2,5-6,9-15H2,(H,22,23). The molecule has 1 N–H and O–H groups in total. The Hall–Kier alpha value is -2.10. The Morgan fingerprint density at radius 3 is 2.64 bits per heavy atom. The summed E-state index contributed by atoms with van der Waals surface area (Å²) in [5.41, 5.74) is 4.48. The minimum Gasteiger partial charge on any atom is -0.337 e. The lowest BCUT2D eigenvalue weighted by molar-refractivity contribution is 0.0683. The lowest BCUT2D eigenvalue weighted by Gasteiger charge is -2.32. The fraction of sp³-hybridized carbons (Fsp3) is 0.524. The number of aromatic nitrogens is 2. The van der Waals surface area contributed by atoms with Gasteiger partial charge in [0.15, 0.2) is 5.69 Å². The molecule has 0 unspecified atom stereocenters. The van der Waals surface area contributed by atoms with Crippen molar-refractivity contribution in [2.24, 2.45) is 5.92 Å². The van der Waals surface area contributed by atoms with Crippen molar-refractivity contribution in [2.45, 2.75) is 51.4 Å². The molecule has 1 saturated heterocycles. The number of rotatable bonds is 3. The summed E-state index contributed by atoms with van der Waals surface area (Å²) in [5, 5.41) is 7.52. The summed E-state index contributed by atoms with van der Waals surface area (Å²) in [6.45, 7) is 1.72. The number of fused-ring (bicyclic) bond motifs is 1. The van der Waals surface area contributed by atoms with Gasteiger partial charge in [-0.05, 0) is 56.4 Å².